The van der Waals surface area contributed by atoms with Gasteiger partial charge in [0.15, 0.2) is 6.61 Å². The summed E-state index contributed by atoms with van der Waals surface area (Å²) in [5.74, 6) is -1.17. The maximum atomic E-state index is 12.8. The third kappa shape index (κ3) is 2.65. The number of esters is 1. The predicted molar refractivity (Wildman–Crippen MR) is 97.4 cm³/mol. The van der Waals surface area contributed by atoms with Gasteiger partial charge in [-0.05, 0) is 42.2 Å². The van der Waals surface area contributed by atoms with Crippen molar-refractivity contribution >= 4 is 29.4 Å². The van der Waals surface area contributed by atoms with E-state index in [1.54, 1.807) is 24.3 Å². The molecule has 1 N–H and O–H groups in total. The standard InChI is InChI=1S/C21H20N2O5/c24-16(22-11-4-2-1-3-5-11)10-28-17(25)9-23-20(26)18-12-6-7-13(15-8-14(12)15)19(18)21(23)27/h1-7,12-15,18-19H,8-10H2,(H,22,24)/t12-,13-,14-,15-,18-,19+/m0/s1. The quantitative estimate of drug-likeness (QED) is 0.471. The van der Waals surface area contributed by atoms with Crippen LogP contribution in [0.4, 0.5) is 5.69 Å². The summed E-state index contributed by atoms with van der Waals surface area (Å²) >= 11 is 0. The van der Waals surface area contributed by atoms with E-state index in [4.69, 9.17) is 4.74 Å². The first-order valence-corrected chi connectivity index (χ1v) is 9.58. The van der Waals surface area contributed by atoms with Gasteiger partial charge in [-0.1, -0.05) is 30.4 Å². The normalized spacial score (nSPS) is 34.1. The number of imide groups is 1. The van der Waals surface area contributed by atoms with E-state index in [-0.39, 0.29) is 35.5 Å². The Morgan fingerprint density at radius 2 is 1.61 bits per heavy atom. The highest BCUT2D eigenvalue weighted by Gasteiger charge is 2.67. The van der Waals surface area contributed by atoms with E-state index in [0.717, 1.165) is 11.3 Å². The number of ether oxygens (including phenoxy) is 1. The fourth-order valence-electron chi connectivity index (χ4n) is 5.21. The van der Waals surface area contributed by atoms with Crippen LogP contribution in [-0.2, 0) is 23.9 Å². The molecule has 1 aromatic rings. The van der Waals surface area contributed by atoms with Gasteiger partial charge < -0.3 is 10.1 Å². The summed E-state index contributed by atoms with van der Waals surface area (Å²) < 4.78 is 4.97. The van der Waals surface area contributed by atoms with Crippen molar-refractivity contribution in [2.24, 2.45) is 35.5 Å². The zero-order valence-corrected chi connectivity index (χ0v) is 15.1. The molecule has 144 valence electrons. The molecule has 7 nitrogen and oxygen atoms in total. The number of para-hydroxylation sites is 1. The van der Waals surface area contributed by atoms with E-state index in [1.165, 1.54) is 0 Å². The van der Waals surface area contributed by atoms with Crippen LogP contribution in [0.5, 0.6) is 0 Å². The molecule has 28 heavy (non-hydrogen) atoms. The van der Waals surface area contributed by atoms with Crippen molar-refractivity contribution in [2.75, 3.05) is 18.5 Å². The number of allylic oxidation sites excluding steroid dienone is 2. The van der Waals surface area contributed by atoms with E-state index < -0.39 is 25.0 Å². The zero-order valence-electron chi connectivity index (χ0n) is 15.1. The number of nitrogens with zero attached hydrogens (tertiary/aromatic N) is 1. The minimum atomic E-state index is -0.756. The molecule has 2 bridgehead atoms. The minimum Gasteiger partial charge on any atom is -0.454 e. The Morgan fingerprint density at radius 3 is 2.21 bits per heavy atom. The first kappa shape index (κ1) is 17.2. The highest BCUT2D eigenvalue weighted by molar-refractivity contribution is 6.08. The van der Waals surface area contributed by atoms with E-state index in [9.17, 15) is 19.2 Å². The van der Waals surface area contributed by atoms with Crippen LogP contribution in [0.25, 0.3) is 0 Å². The Labute approximate surface area is 161 Å². The zero-order chi connectivity index (χ0) is 19.4. The van der Waals surface area contributed by atoms with Gasteiger partial charge in [0.25, 0.3) is 5.91 Å². The van der Waals surface area contributed by atoms with Gasteiger partial charge in [-0.3, -0.25) is 24.1 Å². The fourth-order valence-corrected chi connectivity index (χ4v) is 5.21. The Balaban J connectivity index is 1.18. The minimum absolute atomic E-state index is 0.120. The fraction of sp³-hybridized carbons (Fsp3) is 0.429. The van der Waals surface area contributed by atoms with Gasteiger partial charge >= 0.3 is 5.97 Å². The molecule has 1 aromatic carbocycles. The first-order chi connectivity index (χ1) is 13.5. The molecule has 0 aromatic heterocycles. The molecule has 5 aliphatic rings. The van der Waals surface area contributed by atoms with Gasteiger partial charge in [0.05, 0.1) is 11.8 Å². The van der Waals surface area contributed by atoms with E-state index in [1.807, 2.05) is 6.07 Å². The Bertz CT molecular complexity index is 859. The Morgan fingerprint density at radius 1 is 1.00 bits per heavy atom. The summed E-state index contributed by atoms with van der Waals surface area (Å²) in [6, 6.07) is 8.81. The number of nitrogens with one attached hydrogen (secondary N) is 1. The molecule has 2 saturated carbocycles. The van der Waals surface area contributed by atoms with Crippen molar-refractivity contribution < 1.29 is 23.9 Å². The van der Waals surface area contributed by atoms with Crippen LogP contribution >= 0.6 is 0 Å². The van der Waals surface area contributed by atoms with E-state index >= 15 is 0 Å². The lowest BCUT2D eigenvalue weighted by Crippen LogP contribution is -2.40. The average Bonchev–Trinajstić information content (AvgIpc) is 3.48. The molecule has 1 aliphatic heterocycles. The summed E-state index contributed by atoms with van der Waals surface area (Å²) in [7, 11) is 0. The monoisotopic (exact) mass is 380 g/mol. The summed E-state index contributed by atoms with van der Waals surface area (Å²) in [5.41, 5.74) is 0.596. The van der Waals surface area contributed by atoms with E-state index in [0.29, 0.717) is 17.5 Å². The summed E-state index contributed by atoms with van der Waals surface area (Å²) in [6.45, 7) is -0.897. The molecule has 0 spiro atoms. The molecule has 6 atom stereocenters. The lowest BCUT2D eigenvalue weighted by Gasteiger charge is -2.37. The number of carbonyl (C=O) groups is 4. The second kappa shape index (κ2) is 6.29. The summed E-state index contributed by atoms with van der Waals surface area (Å²) in [4.78, 5) is 50.7. The molecule has 1 heterocycles. The smallest absolute Gasteiger partial charge is 0.326 e. The number of hydrogen-bond acceptors (Lipinski definition) is 5. The second-order valence-electron chi connectivity index (χ2n) is 7.99. The second-order valence-corrected chi connectivity index (χ2v) is 7.99. The van der Waals surface area contributed by atoms with Crippen LogP contribution in [0, 0.1) is 35.5 Å². The summed E-state index contributed by atoms with van der Waals surface area (Å²) in [6.07, 6.45) is 5.26. The predicted octanol–water partition coefficient (Wildman–Crippen LogP) is 1.22. The average molecular weight is 380 g/mol. The van der Waals surface area contributed by atoms with Crippen molar-refractivity contribution in [1.29, 1.82) is 0 Å². The lowest BCUT2D eigenvalue weighted by atomic mass is 9.63. The lowest BCUT2D eigenvalue weighted by molar-refractivity contribution is -0.154. The number of likely N-dealkylation sites (tertiary alicyclic amines) is 1. The molecule has 0 radical (unpaired) electrons. The van der Waals surface area contributed by atoms with Crippen LogP contribution in [0.2, 0.25) is 0 Å². The van der Waals surface area contributed by atoms with Gasteiger partial charge in [-0.15, -0.1) is 0 Å². The SMILES string of the molecule is O=C(COC(=O)CN1C(=O)[C@@H]2[C@H]3C=C[C@@H]([C@@H]4C[C@@H]34)[C@@H]2C1=O)Nc1ccccc1. The molecule has 3 amide bonds. The van der Waals surface area contributed by atoms with Crippen LogP contribution < -0.4 is 5.32 Å². The molecule has 3 fully saturated rings. The number of carbonyl (C=O) groups excluding carboxylic acids is 4. The van der Waals surface area contributed by atoms with Crippen LogP contribution in [0.1, 0.15) is 6.42 Å². The van der Waals surface area contributed by atoms with Crippen molar-refractivity contribution in [3.8, 4) is 0 Å². The molecule has 1 saturated heterocycles. The summed E-state index contributed by atoms with van der Waals surface area (Å²) in [5, 5.41) is 2.61. The first-order valence-electron chi connectivity index (χ1n) is 9.58. The van der Waals surface area contributed by atoms with Crippen molar-refractivity contribution in [3.63, 3.8) is 0 Å². The van der Waals surface area contributed by atoms with Gasteiger partial charge in [-0.25, -0.2) is 0 Å². The van der Waals surface area contributed by atoms with Crippen LogP contribution in [0.15, 0.2) is 42.5 Å². The van der Waals surface area contributed by atoms with Crippen molar-refractivity contribution in [3.05, 3.63) is 42.5 Å². The third-order valence-electron chi connectivity index (χ3n) is 6.46. The number of benzene rings is 1. The van der Waals surface area contributed by atoms with E-state index in [2.05, 4.69) is 17.5 Å². The number of anilines is 1. The Kier molecular flexibility index (Phi) is 3.86. The largest absolute Gasteiger partial charge is 0.454 e. The maximum Gasteiger partial charge on any atom is 0.326 e. The number of rotatable bonds is 5. The highest BCUT2D eigenvalue weighted by Crippen LogP contribution is 2.65. The number of amides is 3. The van der Waals surface area contributed by atoms with Crippen molar-refractivity contribution in [1.82, 2.24) is 4.90 Å². The number of hydrogen-bond donors (Lipinski definition) is 1. The van der Waals surface area contributed by atoms with Gasteiger partial charge in [0, 0.05) is 5.69 Å². The van der Waals surface area contributed by atoms with Gasteiger partial charge in [0.1, 0.15) is 6.54 Å². The Hall–Kier alpha value is -2.96. The third-order valence-corrected chi connectivity index (χ3v) is 6.46. The molecule has 4 aliphatic carbocycles. The molecule has 0 unspecified atom stereocenters. The molecule has 7 heteroatoms. The molecular formula is C21H20N2O5. The van der Waals surface area contributed by atoms with Crippen molar-refractivity contribution in [2.45, 2.75) is 6.42 Å². The van der Waals surface area contributed by atoms with Gasteiger partial charge in [-0.2, -0.15) is 0 Å². The molecular weight excluding hydrogens is 360 g/mol. The topological polar surface area (TPSA) is 92.8 Å². The van der Waals surface area contributed by atoms with Crippen LogP contribution in [-0.4, -0.2) is 41.7 Å². The molecule has 6 rings (SSSR count). The van der Waals surface area contributed by atoms with Gasteiger partial charge in [0.2, 0.25) is 11.8 Å². The van der Waals surface area contributed by atoms with Crippen LogP contribution in [0.3, 0.4) is 0 Å². The highest BCUT2D eigenvalue weighted by atomic mass is 16.5. The maximum absolute atomic E-state index is 12.8.